The van der Waals surface area contributed by atoms with Gasteiger partial charge in [0.25, 0.3) is 10.0 Å². The molecule has 1 aromatic carbocycles. The summed E-state index contributed by atoms with van der Waals surface area (Å²) in [5, 5.41) is 4.53. The maximum Gasteiger partial charge on any atom is 0.250 e. The lowest BCUT2D eigenvalue weighted by atomic mass is 10.2. The lowest BCUT2D eigenvalue weighted by Crippen LogP contribution is -2.47. The molecule has 1 saturated heterocycles. The second kappa shape index (κ2) is 11.1. The third kappa shape index (κ3) is 7.03. The summed E-state index contributed by atoms with van der Waals surface area (Å²) < 4.78 is 27.0. The van der Waals surface area contributed by atoms with Crippen LogP contribution in [0.1, 0.15) is 25.3 Å². The van der Waals surface area contributed by atoms with Gasteiger partial charge in [-0.3, -0.25) is 9.69 Å². The van der Waals surface area contributed by atoms with Gasteiger partial charge in [-0.25, -0.2) is 8.42 Å². The van der Waals surface area contributed by atoms with Crippen LogP contribution >= 0.6 is 11.3 Å². The smallest absolute Gasteiger partial charge is 0.250 e. The molecule has 7 nitrogen and oxygen atoms in total. The Morgan fingerprint density at radius 3 is 2.58 bits per heavy atom. The minimum Gasteiger partial charge on any atom is -0.369 e. The van der Waals surface area contributed by atoms with Gasteiger partial charge < -0.3 is 10.2 Å². The first-order chi connectivity index (χ1) is 14.8. The minimum absolute atomic E-state index is 0.217. The van der Waals surface area contributed by atoms with E-state index < -0.39 is 16.1 Å². The van der Waals surface area contributed by atoms with E-state index in [2.05, 4.69) is 51.0 Å². The van der Waals surface area contributed by atoms with Gasteiger partial charge in [-0.2, -0.15) is 4.72 Å². The van der Waals surface area contributed by atoms with Gasteiger partial charge in [0.2, 0.25) is 5.91 Å². The molecule has 0 radical (unpaired) electrons. The van der Waals surface area contributed by atoms with Crippen molar-refractivity contribution in [3.63, 3.8) is 0 Å². The second-order valence-electron chi connectivity index (χ2n) is 7.94. The van der Waals surface area contributed by atoms with Crippen molar-refractivity contribution in [2.75, 3.05) is 44.2 Å². The van der Waals surface area contributed by atoms with Gasteiger partial charge in [0.05, 0.1) is 6.04 Å². The van der Waals surface area contributed by atoms with Crippen LogP contribution in [-0.2, 0) is 14.8 Å². The minimum atomic E-state index is -3.64. The van der Waals surface area contributed by atoms with E-state index in [1.165, 1.54) is 17.3 Å². The van der Waals surface area contributed by atoms with E-state index in [-0.39, 0.29) is 10.1 Å². The summed E-state index contributed by atoms with van der Waals surface area (Å²) in [5.41, 5.74) is 2.59. The zero-order valence-electron chi connectivity index (χ0n) is 18.2. The number of anilines is 1. The van der Waals surface area contributed by atoms with Crippen molar-refractivity contribution in [1.29, 1.82) is 0 Å². The summed E-state index contributed by atoms with van der Waals surface area (Å²) in [6.45, 7) is 9.39. The fraction of sp³-hybridized carbons (Fsp3) is 0.500. The van der Waals surface area contributed by atoms with Gasteiger partial charge in [-0.05, 0) is 62.4 Å². The molecule has 1 aromatic heterocycles. The van der Waals surface area contributed by atoms with Crippen molar-refractivity contribution in [1.82, 2.24) is 14.9 Å². The summed E-state index contributed by atoms with van der Waals surface area (Å²) in [7, 11) is -3.64. The Morgan fingerprint density at radius 1 is 1.13 bits per heavy atom. The number of amides is 1. The molecule has 3 rings (SSSR count). The number of nitrogens with one attached hydrogen (secondary N) is 2. The number of carbonyl (C=O) groups is 1. The van der Waals surface area contributed by atoms with Crippen molar-refractivity contribution < 1.29 is 13.2 Å². The molecule has 170 valence electrons. The number of hydrogen-bond acceptors (Lipinski definition) is 6. The fourth-order valence-electron chi connectivity index (χ4n) is 3.64. The molecule has 31 heavy (non-hydrogen) atoms. The monoisotopic (exact) mass is 464 g/mol. The molecule has 1 atom stereocenters. The first-order valence-electron chi connectivity index (χ1n) is 10.7. The molecule has 1 aliphatic rings. The van der Waals surface area contributed by atoms with Gasteiger partial charge >= 0.3 is 0 Å². The molecule has 0 bridgehead atoms. The van der Waals surface area contributed by atoms with Crippen LogP contribution in [-0.4, -0.2) is 64.5 Å². The predicted molar refractivity (Wildman–Crippen MR) is 126 cm³/mol. The Bertz CT molecular complexity index is 939. The highest BCUT2D eigenvalue weighted by atomic mass is 32.2. The molecule has 0 aliphatic carbocycles. The van der Waals surface area contributed by atoms with E-state index in [4.69, 9.17) is 0 Å². The van der Waals surface area contributed by atoms with E-state index in [0.717, 1.165) is 56.9 Å². The van der Waals surface area contributed by atoms with Gasteiger partial charge in [0.1, 0.15) is 4.21 Å². The fourth-order valence-corrected chi connectivity index (χ4v) is 5.85. The number of piperazine rings is 1. The molecule has 1 aliphatic heterocycles. The van der Waals surface area contributed by atoms with Gasteiger partial charge in [0, 0.05) is 38.4 Å². The van der Waals surface area contributed by atoms with Crippen LogP contribution in [0.25, 0.3) is 0 Å². The highest BCUT2D eigenvalue weighted by Gasteiger charge is 2.22. The standard InChI is InChI=1S/C22H32N4O3S2/c1-18-7-5-8-20(17-18)26-14-12-25(13-15-26)11-4-3-10-23-22(27)19(2)24-31(28,29)21-9-6-16-30-21/h5-9,16-17,19,24H,3-4,10-15H2,1-2H3,(H,23,27). The number of rotatable bonds is 10. The molecule has 0 saturated carbocycles. The largest absolute Gasteiger partial charge is 0.369 e. The summed E-state index contributed by atoms with van der Waals surface area (Å²) >= 11 is 1.13. The average molecular weight is 465 g/mol. The normalized spacial score (nSPS) is 16.3. The molecule has 9 heteroatoms. The number of aryl methyl sites for hydroxylation is 1. The molecule has 2 aromatic rings. The summed E-state index contributed by atoms with van der Waals surface area (Å²) in [4.78, 5) is 17.1. The third-order valence-corrected chi connectivity index (χ3v) is 8.36. The number of carbonyl (C=O) groups excluding carboxylic acids is 1. The first-order valence-corrected chi connectivity index (χ1v) is 13.1. The Kier molecular flexibility index (Phi) is 8.48. The van der Waals surface area contributed by atoms with Crippen LogP contribution < -0.4 is 14.9 Å². The van der Waals surface area contributed by atoms with Crippen LogP contribution in [0.2, 0.25) is 0 Å². The zero-order chi connectivity index (χ0) is 22.3. The van der Waals surface area contributed by atoms with Crippen LogP contribution in [0.4, 0.5) is 5.69 Å². The number of hydrogen-bond donors (Lipinski definition) is 2. The van der Waals surface area contributed by atoms with E-state index in [1.807, 2.05) is 0 Å². The topological polar surface area (TPSA) is 81.8 Å². The lowest BCUT2D eigenvalue weighted by molar-refractivity contribution is -0.122. The molecule has 1 fully saturated rings. The lowest BCUT2D eigenvalue weighted by Gasteiger charge is -2.36. The Balaban J connectivity index is 1.29. The Hall–Kier alpha value is -1.94. The Morgan fingerprint density at radius 2 is 1.90 bits per heavy atom. The first kappa shape index (κ1) is 23.7. The van der Waals surface area contributed by atoms with Crippen molar-refractivity contribution in [2.45, 2.75) is 36.9 Å². The molecule has 1 unspecified atom stereocenters. The summed E-state index contributed by atoms with van der Waals surface area (Å²) in [6.07, 6.45) is 1.87. The van der Waals surface area contributed by atoms with Crippen LogP contribution in [0.3, 0.4) is 0 Å². The quantitative estimate of drug-likeness (QED) is 0.528. The molecule has 2 N–H and O–H groups in total. The van der Waals surface area contributed by atoms with Crippen molar-refractivity contribution in [3.05, 3.63) is 47.3 Å². The van der Waals surface area contributed by atoms with E-state index >= 15 is 0 Å². The number of benzene rings is 1. The molecule has 2 heterocycles. The van der Waals surface area contributed by atoms with Crippen LogP contribution in [0.5, 0.6) is 0 Å². The highest BCUT2D eigenvalue weighted by molar-refractivity contribution is 7.91. The highest BCUT2D eigenvalue weighted by Crippen LogP contribution is 2.18. The van der Waals surface area contributed by atoms with Crippen molar-refractivity contribution in [2.24, 2.45) is 0 Å². The molecular weight excluding hydrogens is 432 g/mol. The van der Waals surface area contributed by atoms with Crippen molar-refractivity contribution in [3.8, 4) is 0 Å². The zero-order valence-corrected chi connectivity index (χ0v) is 19.8. The van der Waals surface area contributed by atoms with Crippen LogP contribution in [0, 0.1) is 6.92 Å². The maximum absolute atomic E-state index is 12.2. The Labute approximate surface area is 189 Å². The number of unbranched alkanes of at least 4 members (excludes halogenated alkanes) is 1. The molecule has 1 amide bonds. The van der Waals surface area contributed by atoms with E-state index in [0.29, 0.717) is 6.54 Å². The number of nitrogens with zero attached hydrogens (tertiary/aromatic N) is 2. The van der Waals surface area contributed by atoms with Crippen LogP contribution in [0.15, 0.2) is 46.0 Å². The predicted octanol–water partition coefficient (Wildman–Crippen LogP) is 2.44. The molecule has 0 spiro atoms. The third-order valence-electron chi connectivity index (χ3n) is 5.42. The second-order valence-corrected chi connectivity index (χ2v) is 10.8. The van der Waals surface area contributed by atoms with Gasteiger partial charge in [0.15, 0.2) is 0 Å². The van der Waals surface area contributed by atoms with E-state index in [9.17, 15) is 13.2 Å². The van der Waals surface area contributed by atoms with Gasteiger partial charge in [-0.1, -0.05) is 18.2 Å². The maximum atomic E-state index is 12.2. The summed E-state index contributed by atoms with van der Waals surface area (Å²) in [5.74, 6) is -0.299. The number of sulfonamides is 1. The van der Waals surface area contributed by atoms with E-state index in [1.54, 1.807) is 18.4 Å². The van der Waals surface area contributed by atoms with Crippen molar-refractivity contribution >= 4 is 33.0 Å². The summed E-state index contributed by atoms with van der Waals surface area (Å²) in [6, 6.07) is 11.0. The molecular formula is C22H32N4O3S2. The SMILES string of the molecule is Cc1cccc(N2CCN(CCCCNC(=O)C(C)NS(=O)(=O)c3cccs3)CC2)c1. The number of thiophene rings is 1. The van der Waals surface area contributed by atoms with Gasteiger partial charge in [-0.15, -0.1) is 11.3 Å². The average Bonchev–Trinajstić information content (AvgIpc) is 3.29.